The van der Waals surface area contributed by atoms with Crippen molar-refractivity contribution in [2.24, 2.45) is 5.92 Å². The van der Waals surface area contributed by atoms with Crippen LogP contribution in [0.15, 0.2) is 36.5 Å². The maximum absolute atomic E-state index is 11.5. The first-order chi connectivity index (χ1) is 15.5. The number of hydrogen-bond donors (Lipinski definition) is 2. The number of carbonyl (C=O) groups excluding carboxylic acids is 1. The van der Waals surface area contributed by atoms with Crippen LogP contribution in [-0.2, 0) is 16.1 Å². The minimum Gasteiger partial charge on any atom is -0.349 e. The summed E-state index contributed by atoms with van der Waals surface area (Å²) in [7, 11) is 0. The van der Waals surface area contributed by atoms with E-state index in [2.05, 4.69) is 65.6 Å². The highest BCUT2D eigenvalue weighted by Gasteiger charge is 2.37. The van der Waals surface area contributed by atoms with Crippen molar-refractivity contribution in [3.8, 4) is 0 Å². The van der Waals surface area contributed by atoms with E-state index < -0.39 is 6.23 Å². The molecule has 4 rings (SSSR count). The molecule has 2 fully saturated rings. The number of nitrogens with one attached hydrogen (secondary N) is 2. The number of ether oxygens (including phenoxy) is 1. The van der Waals surface area contributed by atoms with Crippen molar-refractivity contribution >= 4 is 18.1 Å². The number of aldehydes is 1. The van der Waals surface area contributed by atoms with Gasteiger partial charge in [-0.15, -0.1) is 0 Å². The number of hydrogen-bond acceptors (Lipinski definition) is 8. The van der Waals surface area contributed by atoms with Gasteiger partial charge in [-0.3, -0.25) is 9.69 Å². The second-order valence-electron chi connectivity index (χ2n) is 8.95. The second kappa shape index (κ2) is 10.4. The standard InChI is InChI=1S/C24H34N6O2/c1-17(2)21-16-32-23(15-31)30(21)22-8-9-26-24(28-22)27-18(3)20-6-4-19(5-7-20)14-29-12-10-25-11-13-29/h4-9,15,17-18,21,23,25H,10-14,16H2,1-3H3,(H,26,27,28)/t18-,21+,23?/m0/s1. The molecule has 2 aliphatic heterocycles. The molecule has 1 aromatic carbocycles. The van der Waals surface area contributed by atoms with Crippen LogP contribution >= 0.6 is 0 Å². The molecule has 0 bridgehead atoms. The Kier molecular flexibility index (Phi) is 7.34. The Morgan fingerprint density at radius 3 is 2.62 bits per heavy atom. The van der Waals surface area contributed by atoms with E-state index in [1.807, 2.05) is 11.0 Å². The van der Waals surface area contributed by atoms with E-state index in [1.165, 1.54) is 11.1 Å². The number of piperazine rings is 1. The highest BCUT2D eigenvalue weighted by molar-refractivity contribution is 5.64. The van der Waals surface area contributed by atoms with Crippen molar-refractivity contribution in [1.82, 2.24) is 20.2 Å². The first-order valence-corrected chi connectivity index (χ1v) is 11.5. The summed E-state index contributed by atoms with van der Waals surface area (Å²) in [4.78, 5) is 25.1. The van der Waals surface area contributed by atoms with Gasteiger partial charge in [0.05, 0.1) is 18.7 Å². The zero-order chi connectivity index (χ0) is 22.5. The zero-order valence-corrected chi connectivity index (χ0v) is 19.2. The summed E-state index contributed by atoms with van der Waals surface area (Å²) in [6.07, 6.45) is 1.96. The molecule has 2 aromatic rings. The van der Waals surface area contributed by atoms with Gasteiger partial charge >= 0.3 is 0 Å². The predicted octanol–water partition coefficient (Wildman–Crippen LogP) is 2.44. The highest BCUT2D eigenvalue weighted by atomic mass is 16.5. The minimum absolute atomic E-state index is 0.0519. The van der Waals surface area contributed by atoms with Crippen molar-refractivity contribution in [3.63, 3.8) is 0 Å². The molecule has 172 valence electrons. The van der Waals surface area contributed by atoms with Gasteiger partial charge < -0.3 is 20.3 Å². The summed E-state index contributed by atoms with van der Waals surface area (Å²) >= 11 is 0. The Balaban J connectivity index is 1.42. The van der Waals surface area contributed by atoms with Crippen LogP contribution in [0.25, 0.3) is 0 Å². The van der Waals surface area contributed by atoms with Gasteiger partial charge in [0.25, 0.3) is 0 Å². The van der Waals surface area contributed by atoms with Crippen LogP contribution in [0.2, 0.25) is 0 Å². The number of rotatable bonds is 8. The monoisotopic (exact) mass is 438 g/mol. The van der Waals surface area contributed by atoms with E-state index in [9.17, 15) is 4.79 Å². The summed E-state index contributed by atoms with van der Waals surface area (Å²) in [6.45, 7) is 12.2. The molecule has 1 aromatic heterocycles. The van der Waals surface area contributed by atoms with Crippen molar-refractivity contribution < 1.29 is 9.53 Å². The molecule has 0 spiro atoms. The Labute approximate surface area is 190 Å². The molecule has 0 aliphatic carbocycles. The third kappa shape index (κ3) is 5.26. The fraction of sp³-hybridized carbons (Fsp3) is 0.542. The summed E-state index contributed by atoms with van der Waals surface area (Å²) in [5.41, 5.74) is 2.51. The molecule has 32 heavy (non-hydrogen) atoms. The van der Waals surface area contributed by atoms with E-state index in [1.54, 1.807) is 6.20 Å². The van der Waals surface area contributed by atoms with Gasteiger partial charge in [-0.25, -0.2) is 4.98 Å². The molecule has 8 heteroatoms. The molecule has 3 heterocycles. The molecule has 1 unspecified atom stereocenters. The van der Waals surface area contributed by atoms with Crippen molar-refractivity contribution in [2.45, 2.75) is 45.6 Å². The van der Waals surface area contributed by atoms with Crippen molar-refractivity contribution in [2.75, 3.05) is 43.0 Å². The molecule has 2 N–H and O–H groups in total. The lowest BCUT2D eigenvalue weighted by Crippen LogP contribution is -2.42. The molecule has 2 aliphatic rings. The lowest BCUT2D eigenvalue weighted by atomic mass is 10.0. The Morgan fingerprint density at radius 1 is 1.19 bits per heavy atom. The van der Waals surface area contributed by atoms with Crippen LogP contribution in [0.5, 0.6) is 0 Å². The largest absolute Gasteiger partial charge is 0.349 e. The van der Waals surface area contributed by atoms with Gasteiger partial charge in [0.2, 0.25) is 5.95 Å². The van der Waals surface area contributed by atoms with Crippen LogP contribution in [0.1, 0.15) is 37.9 Å². The van der Waals surface area contributed by atoms with Gasteiger partial charge in [0, 0.05) is 38.9 Å². The SMILES string of the molecule is CC(C)[C@H]1COC(C=O)N1c1ccnc(N[C@@H](C)c2ccc(CN3CCNCC3)cc2)n1. The Hall–Kier alpha value is -2.55. The van der Waals surface area contributed by atoms with Crippen LogP contribution in [0, 0.1) is 5.92 Å². The van der Waals surface area contributed by atoms with E-state index in [0.29, 0.717) is 24.3 Å². The summed E-state index contributed by atoms with van der Waals surface area (Å²) in [6, 6.07) is 10.7. The first kappa shape index (κ1) is 22.6. The quantitative estimate of drug-likeness (QED) is 0.608. The number of carbonyl (C=O) groups is 1. The average Bonchev–Trinajstić information content (AvgIpc) is 3.25. The van der Waals surface area contributed by atoms with Crippen LogP contribution in [0.3, 0.4) is 0 Å². The predicted molar refractivity (Wildman–Crippen MR) is 126 cm³/mol. The molecule has 2 saturated heterocycles. The van der Waals surface area contributed by atoms with E-state index >= 15 is 0 Å². The number of benzene rings is 1. The van der Waals surface area contributed by atoms with Gasteiger partial charge in [-0.2, -0.15) is 4.98 Å². The Bertz CT molecular complexity index is 884. The topological polar surface area (TPSA) is 82.6 Å². The van der Waals surface area contributed by atoms with Gasteiger partial charge in [0.15, 0.2) is 12.5 Å². The molecular formula is C24H34N6O2. The molecule has 0 saturated carbocycles. The number of anilines is 2. The van der Waals surface area contributed by atoms with Crippen LogP contribution in [-0.4, -0.2) is 66.2 Å². The number of nitrogens with zero attached hydrogens (tertiary/aromatic N) is 4. The molecule has 3 atom stereocenters. The lowest BCUT2D eigenvalue weighted by Gasteiger charge is -2.29. The van der Waals surface area contributed by atoms with Gasteiger partial charge in [-0.1, -0.05) is 38.1 Å². The second-order valence-corrected chi connectivity index (χ2v) is 8.95. The molecule has 8 nitrogen and oxygen atoms in total. The molecule has 0 radical (unpaired) electrons. The molecule has 0 amide bonds. The fourth-order valence-corrected chi connectivity index (χ4v) is 4.34. The van der Waals surface area contributed by atoms with E-state index in [-0.39, 0.29) is 12.1 Å². The van der Waals surface area contributed by atoms with Gasteiger partial charge in [-0.05, 0) is 30.0 Å². The summed E-state index contributed by atoms with van der Waals surface area (Å²) in [5, 5.41) is 6.80. The van der Waals surface area contributed by atoms with E-state index in [4.69, 9.17) is 9.72 Å². The normalized spacial score (nSPS) is 22.8. The maximum atomic E-state index is 11.5. The van der Waals surface area contributed by atoms with Crippen LogP contribution < -0.4 is 15.5 Å². The number of aromatic nitrogens is 2. The average molecular weight is 439 g/mol. The minimum atomic E-state index is -0.606. The highest BCUT2D eigenvalue weighted by Crippen LogP contribution is 2.28. The maximum Gasteiger partial charge on any atom is 0.225 e. The molecular weight excluding hydrogens is 404 g/mol. The lowest BCUT2D eigenvalue weighted by molar-refractivity contribution is -0.115. The summed E-state index contributed by atoms with van der Waals surface area (Å²) in [5.74, 6) is 1.58. The van der Waals surface area contributed by atoms with E-state index in [0.717, 1.165) is 39.0 Å². The zero-order valence-electron chi connectivity index (χ0n) is 19.2. The fourth-order valence-electron chi connectivity index (χ4n) is 4.34. The smallest absolute Gasteiger partial charge is 0.225 e. The van der Waals surface area contributed by atoms with Crippen molar-refractivity contribution in [1.29, 1.82) is 0 Å². The van der Waals surface area contributed by atoms with Gasteiger partial charge in [0.1, 0.15) is 5.82 Å². The first-order valence-electron chi connectivity index (χ1n) is 11.5. The third-order valence-corrected chi connectivity index (χ3v) is 6.30. The van der Waals surface area contributed by atoms with Crippen molar-refractivity contribution in [3.05, 3.63) is 47.7 Å². The third-order valence-electron chi connectivity index (χ3n) is 6.30. The summed E-state index contributed by atoms with van der Waals surface area (Å²) < 4.78 is 5.67. The van der Waals surface area contributed by atoms with Crippen LogP contribution in [0.4, 0.5) is 11.8 Å². The Morgan fingerprint density at radius 2 is 1.94 bits per heavy atom.